The van der Waals surface area contributed by atoms with Crippen molar-refractivity contribution in [2.24, 2.45) is 0 Å². The molecule has 1 fully saturated rings. The molecule has 0 unspecified atom stereocenters. The molecule has 9 heteroatoms. The first-order chi connectivity index (χ1) is 14.4. The first-order valence-corrected chi connectivity index (χ1v) is 12.4. The molecule has 1 aromatic heterocycles. The average Bonchev–Trinajstić information content (AvgIpc) is 3.26. The Morgan fingerprint density at radius 2 is 1.53 bits per heavy atom. The average molecular weight is 448 g/mol. The number of amides is 2. The van der Waals surface area contributed by atoms with Crippen molar-refractivity contribution in [3.05, 3.63) is 52.2 Å². The molecule has 30 heavy (non-hydrogen) atoms. The molecule has 2 aromatic rings. The minimum absolute atomic E-state index is 0.00508. The van der Waals surface area contributed by atoms with Gasteiger partial charge in [-0.2, -0.15) is 4.31 Å². The summed E-state index contributed by atoms with van der Waals surface area (Å²) < 4.78 is 26.8. The maximum atomic E-state index is 12.7. The van der Waals surface area contributed by atoms with Crippen LogP contribution in [0, 0.1) is 0 Å². The van der Waals surface area contributed by atoms with Gasteiger partial charge < -0.3 is 9.80 Å². The Hall–Kier alpha value is -2.23. The Kier molecular flexibility index (Phi) is 6.21. The molecule has 0 saturated carbocycles. The smallest absolute Gasteiger partial charge is 0.243 e. The van der Waals surface area contributed by atoms with Crippen LogP contribution in [0.3, 0.4) is 0 Å². The molecule has 0 bridgehead atoms. The third-order valence-electron chi connectivity index (χ3n) is 5.69. The van der Waals surface area contributed by atoms with Gasteiger partial charge in [0.15, 0.2) is 0 Å². The lowest BCUT2D eigenvalue weighted by molar-refractivity contribution is -0.138. The van der Waals surface area contributed by atoms with Gasteiger partial charge in [-0.3, -0.25) is 9.59 Å². The molecule has 0 aliphatic carbocycles. The summed E-state index contributed by atoms with van der Waals surface area (Å²) in [7, 11) is -3.54. The summed E-state index contributed by atoms with van der Waals surface area (Å²) in [6.45, 7) is 2.56. The van der Waals surface area contributed by atoms with Crippen molar-refractivity contribution in [1.82, 2.24) is 14.1 Å². The second-order valence-corrected chi connectivity index (χ2v) is 10.5. The number of hydrogen-bond acceptors (Lipinski definition) is 5. The highest BCUT2D eigenvalue weighted by atomic mass is 32.2. The van der Waals surface area contributed by atoms with Crippen LogP contribution in [0.5, 0.6) is 0 Å². The standard InChI is InChI=1S/C21H25N3O4S2/c25-20(6-7-21(26)23-10-8-19-17(16-23)9-15-29-19)22-11-13-24(14-12-22)30(27,28)18-4-2-1-3-5-18/h1-5,9,15H,6-8,10-14,16H2. The zero-order valence-electron chi connectivity index (χ0n) is 16.7. The third-order valence-corrected chi connectivity index (χ3v) is 8.62. The highest BCUT2D eigenvalue weighted by Gasteiger charge is 2.30. The number of piperazine rings is 1. The molecule has 1 aromatic carbocycles. The Morgan fingerprint density at radius 3 is 2.23 bits per heavy atom. The predicted octanol–water partition coefficient (Wildman–Crippen LogP) is 1.95. The molecule has 0 atom stereocenters. The van der Waals surface area contributed by atoms with Gasteiger partial charge in [-0.05, 0) is 35.6 Å². The normalized spacial score (nSPS) is 17.6. The van der Waals surface area contributed by atoms with E-state index in [0.29, 0.717) is 26.2 Å². The van der Waals surface area contributed by atoms with E-state index in [4.69, 9.17) is 0 Å². The van der Waals surface area contributed by atoms with Crippen LogP contribution in [-0.2, 0) is 32.6 Å². The van der Waals surface area contributed by atoms with E-state index in [-0.39, 0.29) is 42.6 Å². The molecule has 2 amide bonds. The summed E-state index contributed by atoms with van der Waals surface area (Å²) in [6.07, 6.45) is 1.24. The van der Waals surface area contributed by atoms with Crippen LogP contribution < -0.4 is 0 Å². The number of fused-ring (bicyclic) bond motifs is 1. The van der Waals surface area contributed by atoms with E-state index >= 15 is 0 Å². The second-order valence-electron chi connectivity index (χ2n) is 7.53. The molecule has 0 N–H and O–H groups in total. The van der Waals surface area contributed by atoms with Crippen molar-refractivity contribution in [1.29, 1.82) is 0 Å². The van der Waals surface area contributed by atoms with Crippen LogP contribution in [0.1, 0.15) is 23.3 Å². The monoisotopic (exact) mass is 447 g/mol. The number of thiophene rings is 1. The molecule has 0 spiro atoms. The van der Waals surface area contributed by atoms with Crippen LogP contribution in [0.4, 0.5) is 0 Å². The minimum Gasteiger partial charge on any atom is -0.340 e. The number of benzene rings is 1. The summed E-state index contributed by atoms with van der Waals surface area (Å²) in [4.78, 5) is 30.2. The summed E-state index contributed by atoms with van der Waals surface area (Å²) in [5, 5.41) is 2.06. The lowest BCUT2D eigenvalue weighted by Crippen LogP contribution is -2.50. The highest BCUT2D eigenvalue weighted by Crippen LogP contribution is 2.24. The third kappa shape index (κ3) is 4.43. The fourth-order valence-corrected chi connectivity index (χ4v) is 6.24. The van der Waals surface area contributed by atoms with Crippen LogP contribution >= 0.6 is 11.3 Å². The van der Waals surface area contributed by atoms with Crippen LogP contribution in [0.15, 0.2) is 46.7 Å². The Morgan fingerprint density at radius 1 is 0.867 bits per heavy atom. The summed E-state index contributed by atoms with van der Waals surface area (Å²) in [5.74, 6) is -0.0844. The molecule has 2 aliphatic heterocycles. The molecule has 160 valence electrons. The number of rotatable bonds is 5. The lowest BCUT2D eigenvalue weighted by atomic mass is 10.1. The van der Waals surface area contributed by atoms with E-state index in [1.165, 1.54) is 14.7 Å². The van der Waals surface area contributed by atoms with Crippen molar-refractivity contribution < 1.29 is 18.0 Å². The van der Waals surface area contributed by atoms with Crippen LogP contribution in [-0.4, -0.2) is 67.1 Å². The van der Waals surface area contributed by atoms with Gasteiger partial charge in [0.05, 0.1) is 4.90 Å². The maximum absolute atomic E-state index is 12.7. The van der Waals surface area contributed by atoms with Gasteiger partial charge in [0.1, 0.15) is 0 Å². The Balaban J connectivity index is 1.25. The molecule has 2 aliphatic rings. The van der Waals surface area contributed by atoms with Crippen molar-refractivity contribution in [2.45, 2.75) is 30.7 Å². The predicted molar refractivity (Wildman–Crippen MR) is 114 cm³/mol. The molecule has 1 saturated heterocycles. The van der Waals surface area contributed by atoms with E-state index in [9.17, 15) is 18.0 Å². The Bertz CT molecular complexity index is 1010. The summed E-state index contributed by atoms with van der Waals surface area (Å²) in [5.41, 5.74) is 1.21. The topological polar surface area (TPSA) is 78.0 Å². The second kappa shape index (κ2) is 8.87. The molecule has 3 heterocycles. The molecule has 7 nitrogen and oxygen atoms in total. The van der Waals surface area contributed by atoms with Gasteiger partial charge in [-0.25, -0.2) is 8.42 Å². The largest absolute Gasteiger partial charge is 0.340 e. The van der Waals surface area contributed by atoms with E-state index in [2.05, 4.69) is 11.4 Å². The maximum Gasteiger partial charge on any atom is 0.243 e. The molecule has 0 radical (unpaired) electrons. The number of carbonyl (C=O) groups is 2. The summed E-state index contributed by atoms with van der Waals surface area (Å²) in [6, 6.07) is 10.4. The minimum atomic E-state index is -3.54. The van der Waals surface area contributed by atoms with Crippen molar-refractivity contribution in [3.8, 4) is 0 Å². The Labute approximate surface area is 180 Å². The van der Waals surface area contributed by atoms with Gasteiger partial charge in [-0.1, -0.05) is 18.2 Å². The van der Waals surface area contributed by atoms with Gasteiger partial charge in [0.2, 0.25) is 21.8 Å². The van der Waals surface area contributed by atoms with E-state index in [1.807, 2.05) is 4.90 Å². The van der Waals surface area contributed by atoms with Gasteiger partial charge >= 0.3 is 0 Å². The van der Waals surface area contributed by atoms with Crippen LogP contribution in [0.25, 0.3) is 0 Å². The first kappa shape index (κ1) is 21.0. The van der Waals surface area contributed by atoms with Gasteiger partial charge in [0.25, 0.3) is 0 Å². The van der Waals surface area contributed by atoms with Crippen molar-refractivity contribution in [3.63, 3.8) is 0 Å². The number of hydrogen-bond donors (Lipinski definition) is 0. The quantitative estimate of drug-likeness (QED) is 0.702. The highest BCUT2D eigenvalue weighted by molar-refractivity contribution is 7.89. The fourth-order valence-electron chi connectivity index (χ4n) is 3.91. The zero-order valence-corrected chi connectivity index (χ0v) is 18.3. The molecular weight excluding hydrogens is 422 g/mol. The van der Waals surface area contributed by atoms with Crippen molar-refractivity contribution in [2.75, 3.05) is 32.7 Å². The van der Waals surface area contributed by atoms with E-state index in [1.54, 1.807) is 46.6 Å². The van der Waals surface area contributed by atoms with E-state index in [0.717, 1.165) is 6.42 Å². The first-order valence-electron chi connectivity index (χ1n) is 10.1. The molecular formula is C21H25N3O4S2. The fraction of sp³-hybridized carbons (Fsp3) is 0.429. The SMILES string of the molecule is O=C(CCC(=O)N1CCc2sccc2C1)N1CCN(S(=O)(=O)c2ccccc2)CC1. The zero-order chi connectivity index (χ0) is 21.1. The lowest BCUT2D eigenvalue weighted by Gasteiger charge is -2.34. The van der Waals surface area contributed by atoms with E-state index < -0.39 is 10.0 Å². The number of carbonyl (C=O) groups excluding carboxylic acids is 2. The van der Waals surface area contributed by atoms with Crippen molar-refractivity contribution >= 4 is 33.2 Å². The van der Waals surface area contributed by atoms with Gasteiger partial charge in [-0.15, -0.1) is 11.3 Å². The van der Waals surface area contributed by atoms with Crippen LogP contribution in [0.2, 0.25) is 0 Å². The molecule has 4 rings (SSSR count). The number of sulfonamides is 1. The van der Waals surface area contributed by atoms with Gasteiger partial charge in [0, 0.05) is 57.0 Å². The summed E-state index contributed by atoms with van der Waals surface area (Å²) >= 11 is 1.73. The number of nitrogens with zero attached hydrogens (tertiary/aromatic N) is 3.